The van der Waals surface area contributed by atoms with Crippen LogP contribution < -0.4 is 5.73 Å². The number of carbonyl (C=O) groups is 1. The molecular weight excluding hydrogens is 298 g/mol. The van der Waals surface area contributed by atoms with Gasteiger partial charge in [0.05, 0.1) is 5.56 Å². The molecule has 0 aromatic carbocycles. The van der Waals surface area contributed by atoms with E-state index in [2.05, 4.69) is 39.2 Å². The van der Waals surface area contributed by atoms with Crippen LogP contribution in [0.25, 0.3) is 0 Å². The van der Waals surface area contributed by atoms with Crippen molar-refractivity contribution < 1.29 is 4.79 Å². The minimum atomic E-state index is -0.0164. The van der Waals surface area contributed by atoms with E-state index in [1.807, 2.05) is 17.9 Å². The summed E-state index contributed by atoms with van der Waals surface area (Å²) in [5.74, 6) is 0.148. The normalized spacial score (nSPS) is 20.9. The minimum absolute atomic E-state index is 0. The van der Waals surface area contributed by atoms with Crippen LogP contribution in [-0.2, 0) is 0 Å². The van der Waals surface area contributed by atoms with Gasteiger partial charge in [-0.15, -0.1) is 12.4 Å². The summed E-state index contributed by atoms with van der Waals surface area (Å²) < 4.78 is 2.23. The number of piperidine rings is 1. The molecule has 1 fully saturated rings. The van der Waals surface area contributed by atoms with E-state index in [0.717, 1.165) is 36.5 Å². The van der Waals surface area contributed by atoms with Crippen molar-refractivity contribution >= 4 is 18.3 Å². The maximum absolute atomic E-state index is 12.9. The molecule has 1 aliphatic heterocycles. The summed E-state index contributed by atoms with van der Waals surface area (Å²) in [7, 11) is 0. The minimum Gasteiger partial charge on any atom is -0.346 e. The fourth-order valence-electron chi connectivity index (χ4n) is 3.51. The first-order valence-corrected chi connectivity index (χ1v) is 7.88. The Kier molecular flexibility index (Phi) is 5.74. The molecule has 0 saturated carbocycles. The Labute approximate surface area is 140 Å². The van der Waals surface area contributed by atoms with E-state index in [1.165, 1.54) is 0 Å². The van der Waals surface area contributed by atoms with E-state index in [4.69, 9.17) is 5.73 Å². The van der Waals surface area contributed by atoms with Crippen LogP contribution in [0, 0.1) is 19.3 Å². The molecule has 1 aromatic rings. The molecule has 22 heavy (non-hydrogen) atoms. The lowest BCUT2D eigenvalue weighted by atomic mass is 9.79. The van der Waals surface area contributed by atoms with E-state index in [1.54, 1.807) is 0 Å². The highest BCUT2D eigenvalue weighted by Crippen LogP contribution is 2.30. The Balaban J connectivity index is 0.00000242. The predicted molar refractivity (Wildman–Crippen MR) is 93.8 cm³/mol. The number of likely N-dealkylation sites (tertiary alicyclic amines) is 1. The summed E-state index contributed by atoms with van der Waals surface area (Å²) >= 11 is 0. The number of rotatable bonds is 2. The van der Waals surface area contributed by atoms with Crippen molar-refractivity contribution in [2.45, 2.75) is 60.0 Å². The van der Waals surface area contributed by atoms with Gasteiger partial charge < -0.3 is 15.2 Å². The van der Waals surface area contributed by atoms with Gasteiger partial charge in [-0.25, -0.2) is 0 Å². The molecule has 0 bridgehead atoms. The number of nitrogens with zero attached hydrogens (tertiary/aromatic N) is 2. The highest BCUT2D eigenvalue weighted by atomic mass is 35.5. The van der Waals surface area contributed by atoms with E-state index < -0.39 is 0 Å². The lowest BCUT2D eigenvalue weighted by Gasteiger charge is -2.42. The van der Waals surface area contributed by atoms with Crippen molar-refractivity contribution in [3.05, 3.63) is 23.0 Å². The molecule has 1 atom stereocenters. The molecule has 1 unspecified atom stereocenters. The SMILES string of the molecule is Cc1cc(C(=O)N2CCC(N)C(C)(C)C2)c(C)n1C(C)C.Cl. The molecule has 5 heteroatoms. The van der Waals surface area contributed by atoms with E-state index >= 15 is 0 Å². The zero-order chi connectivity index (χ0) is 15.9. The maximum Gasteiger partial charge on any atom is 0.255 e. The number of nitrogens with two attached hydrogens (primary N) is 1. The zero-order valence-corrected chi connectivity index (χ0v) is 15.5. The molecule has 4 nitrogen and oxygen atoms in total. The standard InChI is InChI=1S/C17H29N3O.ClH/c1-11(2)20-12(3)9-14(13(20)4)16(21)19-8-7-15(18)17(5,6)10-19;/h9,11,15H,7-8,10,18H2,1-6H3;1H. The van der Waals surface area contributed by atoms with Crippen molar-refractivity contribution in [2.75, 3.05) is 13.1 Å². The lowest BCUT2D eigenvalue weighted by Crippen LogP contribution is -2.54. The topological polar surface area (TPSA) is 51.3 Å². The largest absolute Gasteiger partial charge is 0.346 e. The number of aromatic nitrogens is 1. The first kappa shape index (κ1) is 19.0. The van der Waals surface area contributed by atoms with Gasteiger partial charge in [0, 0.05) is 36.6 Å². The molecule has 0 spiro atoms. The molecule has 2 heterocycles. The van der Waals surface area contributed by atoms with E-state index in [-0.39, 0.29) is 29.8 Å². The van der Waals surface area contributed by atoms with Gasteiger partial charge in [0.25, 0.3) is 5.91 Å². The molecule has 0 aliphatic carbocycles. The monoisotopic (exact) mass is 327 g/mol. The Bertz CT molecular complexity index is 548. The summed E-state index contributed by atoms with van der Waals surface area (Å²) in [6.07, 6.45) is 0.877. The highest BCUT2D eigenvalue weighted by molar-refractivity contribution is 5.95. The number of carbonyl (C=O) groups excluding carboxylic acids is 1. The van der Waals surface area contributed by atoms with Gasteiger partial charge in [-0.05, 0) is 45.6 Å². The number of hydrogen-bond donors (Lipinski definition) is 1. The van der Waals surface area contributed by atoms with Crippen LogP contribution in [0.2, 0.25) is 0 Å². The van der Waals surface area contributed by atoms with Gasteiger partial charge in [0.15, 0.2) is 0 Å². The van der Waals surface area contributed by atoms with Crippen molar-refractivity contribution in [2.24, 2.45) is 11.1 Å². The molecule has 2 N–H and O–H groups in total. The molecule has 2 rings (SSSR count). The summed E-state index contributed by atoms with van der Waals surface area (Å²) in [6, 6.07) is 2.57. The molecule has 1 aliphatic rings. The Morgan fingerprint density at radius 2 is 1.95 bits per heavy atom. The van der Waals surface area contributed by atoms with Crippen LogP contribution in [0.4, 0.5) is 0 Å². The van der Waals surface area contributed by atoms with Crippen molar-refractivity contribution in [1.29, 1.82) is 0 Å². The Morgan fingerprint density at radius 3 is 2.41 bits per heavy atom. The van der Waals surface area contributed by atoms with Crippen LogP contribution in [-0.4, -0.2) is 34.5 Å². The van der Waals surface area contributed by atoms with Gasteiger partial charge in [-0.2, -0.15) is 0 Å². The summed E-state index contributed by atoms with van der Waals surface area (Å²) in [6.45, 7) is 14.2. The van der Waals surface area contributed by atoms with Crippen LogP contribution in [0.15, 0.2) is 6.07 Å². The Morgan fingerprint density at radius 1 is 1.36 bits per heavy atom. The molecule has 1 saturated heterocycles. The van der Waals surface area contributed by atoms with Crippen LogP contribution in [0.5, 0.6) is 0 Å². The summed E-state index contributed by atoms with van der Waals surface area (Å²) in [5.41, 5.74) is 9.21. The van der Waals surface area contributed by atoms with E-state index in [9.17, 15) is 4.79 Å². The smallest absolute Gasteiger partial charge is 0.255 e. The van der Waals surface area contributed by atoms with Crippen molar-refractivity contribution in [3.8, 4) is 0 Å². The zero-order valence-electron chi connectivity index (χ0n) is 14.6. The second kappa shape index (κ2) is 6.63. The molecule has 1 aromatic heterocycles. The summed E-state index contributed by atoms with van der Waals surface area (Å²) in [5, 5.41) is 0. The van der Waals surface area contributed by atoms with Crippen LogP contribution >= 0.6 is 12.4 Å². The van der Waals surface area contributed by atoms with Crippen LogP contribution in [0.3, 0.4) is 0 Å². The third-order valence-electron chi connectivity index (χ3n) is 4.83. The fourth-order valence-corrected chi connectivity index (χ4v) is 3.51. The van der Waals surface area contributed by atoms with Gasteiger partial charge in [0.1, 0.15) is 0 Å². The van der Waals surface area contributed by atoms with Crippen LogP contribution in [0.1, 0.15) is 61.9 Å². The van der Waals surface area contributed by atoms with Gasteiger partial charge in [-0.1, -0.05) is 13.8 Å². The highest BCUT2D eigenvalue weighted by Gasteiger charge is 2.36. The third kappa shape index (κ3) is 3.33. The molecule has 1 amide bonds. The molecular formula is C17H30ClN3O. The third-order valence-corrected chi connectivity index (χ3v) is 4.83. The second-order valence-corrected chi connectivity index (χ2v) is 7.36. The number of aryl methyl sites for hydroxylation is 1. The number of amides is 1. The summed E-state index contributed by atoms with van der Waals surface area (Å²) in [4.78, 5) is 14.8. The Hall–Kier alpha value is -1.000. The van der Waals surface area contributed by atoms with Gasteiger partial charge in [0.2, 0.25) is 0 Å². The first-order chi connectivity index (χ1) is 9.65. The fraction of sp³-hybridized carbons (Fsp3) is 0.706. The molecule has 126 valence electrons. The molecule has 0 radical (unpaired) electrons. The quantitative estimate of drug-likeness (QED) is 0.906. The van der Waals surface area contributed by atoms with E-state index in [0.29, 0.717) is 6.04 Å². The average Bonchev–Trinajstić information content (AvgIpc) is 2.67. The van der Waals surface area contributed by atoms with Crippen molar-refractivity contribution in [3.63, 3.8) is 0 Å². The van der Waals surface area contributed by atoms with Crippen molar-refractivity contribution in [1.82, 2.24) is 9.47 Å². The van der Waals surface area contributed by atoms with Gasteiger partial charge >= 0.3 is 0 Å². The number of halogens is 1. The first-order valence-electron chi connectivity index (χ1n) is 7.88. The average molecular weight is 328 g/mol. The predicted octanol–water partition coefficient (Wildman–Crippen LogP) is 3.31. The number of hydrogen-bond acceptors (Lipinski definition) is 2. The van der Waals surface area contributed by atoms with Gasteiger partial charge in [-0.3, -0.25) is 4.79 Å². The second-order valence-electron chi connectivity index (χ2n) is 7.36. The lowest BCUT2D eigenvalue weighted by molar-refractivity contribution is 0.0532. The maximum atomic E-state index is 12.9.